The molecule has 0 bridgehead atoms. The molecule has 0 aliphatic rings. The van der Waals surface area contributed by atoms with E-state index in [9.17, 15) is 4.79 Å². The molecule has 0 amide bonds. The third-order valence-corrected chi connectivity index (χ3v) is 3.91. The van der Waals surface area contributed by atoms with Gasteiger partial charge in [0.25, 0.3) is 0 Å². The molecule has 1 unspecified atom stereocenters. The quantitative estimate of drug-likeness (QED) is 0.620. The Labute approximate surface area is 83.9 Å². The summed E-state index contributed by atoms with van der Waals surface area (Å²) in [4.78, 5) is 11.4. The van der Waals surface area contributed by atoms with Gasteiger partial charge in [-0.2, -0.15) is 0 Å². The Morgan fingerprint density at radius 1 is 1.23 bits per heavy atom. The van der Waals surface area contributed by atoms with E-state index in [1.54, 1.807) is 6.92 Å². The van der Waals surface area contributed by atoms with E-state index in [0.29, 0.717) is 17.6 Å². The van der Waals surface area contributed by atoms with Crippen LogP contribution >= 0.6 is 0 Å². The second-order valence-electron chi connectivity index (χ2n) is 5.70. The molecule has 1 atom stereocenters. The van der Waals surface area contributed by atoms with E-state index in [0.717, 1.165) is 12.5 Å². The monoisotopic (exact) mass is 200 g/mol. The molecule has 0 heterocycles. The van der Waals surface area contributed by atoms with Crippen molar-refractivity contribution in [2.45, 2.75) is 52.9 Å². The number of carbonyl (C=O) groups excluding carboxylic acids is 1. The average Bonchev–Trinajstić information content (AvgIpc) is 1.81. The molecule has 0 aromatic rings. The summed E-state index contributed by atoms with van der Waals surface area (Å²) in [6.45, 7) is 13.1. The fourth-order valence-corrected chi connectivity index (χ4v) is 3.63. The number of rotatable bonds is 5. The molecule has 0 saturated heterocycles. The standard InChI is InChI=1S/C11H24OSi/c1-9(2)7-11(10(3)12)8-13(4,5)6/h9,11H,7-8H2,1-6H3. The van der Waals surface area contributed by atoms with Gasteiger partial charge in [0, 0.05) is 14.0 Å². The number of hydrogen-bond acceptors (Lipinski definition) is 1. The van der Waals surface area contributed by atoms with Gasteiger partial charge < -0.3 is 0 Å². The lowest BCUT2D eigenvalue weighted by Gasteiger charge is -2.23. The van der Waals surface area contributed by atoms with E-state index < -0.39 is 8.07 Å². The lowest BCUT2D eigenvalue weighted by Crippen LogP contribution is -2.27. The van der Waals surface area contributed by atoms with Crippen LogP contribution in [0.2, 0.25) is 25.7 Å². The first kappa shape index (κ1) is 12.9. The predicted octanol–water partition coefficient (Wildman–Crippen LogP) is 3.58. The van der Waals surface area contributed by atoms with Crippen LogP contribution < -0.4 is 0 Å². The van der Waals surface area contributed by atoms with Crippen molar-refractivity contribution < 1.29 is 4.79 Å². The van der Waals surface area contributed by atoms with Gasteiger partial charge in [0.2, 0.25) is 0 Å². The summed E-state index contributed by atoms with van der Waals surface area (Å²) in [6.07, 6.45) is 1.07. The van der Waals surface area contributed by atoms with Crippen LogP contribution in [0.1, 0.15) is 27.2 Å². The Morgan fingerprint density at radius 3 is 1.92 bits per heavy atom. The summed E-state index contributed by atoms with van der Waals surface area (Å²) in [5, 5.41) is 0. The van der Waals surface area contributed by atoms with Crippen molar-refractivity contribution in [3.63, 3.8) is 0 Å². The van der Waals surface area contributed by atoms with Crippen LogP contribution in [0.3, 0.4) is 0 Å². The van der Waals surface area contributed by atoms with Crippen LogP contribution in [-0.4, -0.2) is 13.9 Å². The number of carbonyl (C=O) groups is 1. The van der Waals surface area contributed by atoms with Crippen LogP contribution in [0.5, 0.6) is 0 Å². The van der Waals surface area contributed by atoms with Crippen molar-refractivity contribution in [1.82, 2.24) is 0 Å². The molecule has 0 aromatic carbocycles. The average molecular weight is 200 g/mol. The molecule has 0 radical (unpaired) electrons. The Balaban J connectivity index is 4.19. The van der Waals surface area contributed by atoms with Crippen LogP contribution in [-0.2, 0) is 4.79 Å². The second-order valence-corrected chi connectivity index (χ2v) is 11.2. The van der Waals surface area contributed by atoms with Gasteiger partial charge >= 0.3 is 0 Å². The highest BCUT2D eigenvalue weighted by Gasteiger charge is 2.23. The summed E-state index contributed by atoms with van der Waals surface area (Å²) in [6, 6.07) is 1.15. The van der Waals surface area contributed by atoms with E-state index in [4.69, 9.17) is 0 Å². The Hall–Kier alpha value is -0.113. The molecule has 0 aliphatic heterocycles. The second kappa shape index (κ2) is 4.94. The van der Waals surface area contributed by atoms with Gasteiger partial charge in [0.15, 0.2) is 0 Å². The summed E-state index contributed by atoms with van der Waals surface area (Å²) in [5.41, 5.74) is 0. The first-order valence-electron chi connectivity index (χ1n) is 5.23. The molecule has 0 N–H and O–H groups in total. The van der Waals surface area contributed by atoms with Crippen molar-refractivity contribution in [2.75, 3.05) is 0 Å². The van der Waals surface area contributed by atoms with Gasteiger partial charge in [-0.15, -0.1) is 0 Å². The van der Waals surface area contributed by atoms with Crippen LogP contribution in [0.25, 0.3) is 0 Å². The molecule has 0 saturated carbocycles. The van der Waals surface area contributed by atoms with Gasteiger partial charge in [-0.1, -0.05) is 33.5 Å². The van der Waals surface area contributed by atoms with Crippen molar-refractivity contribution in [2.24, 2.45) is 11.8 Å². The number of Topliss-reactive ketones (excluding diaryl/α,β-unsaturated/α-hetero) is 1. The van der Waals surface area contributed by atoms with E-state index in [1.165, 1.54) is 0 Å². The van der Waals surface area contributed by atoms with E-state index in [2.05, 4.69) is 33.5 Å². The third-order valence-electron chi connectivity index (χ3n) is 2.19. The van der Waals surface area contributed by atoms with Crippen molar-refractivity contribution in [1.29, 1.82) is 0 Å². The lowest BCUT2D eigenvalue weighted by molar-refractivity contribution is -0.120. The molecule has 13 heavy (non-hydrogen) atoms. The van der Waals surface area contributed by atoms with Crippen molar-refractivity contribution in [3.05, 3.63) is 0 Å². The lowest BCUT2D eigenvalue weighted by atomic mass is 9.96. The molecule has 1 nitrogen and oxygen atoms in total. The molecule has 78 valence electrons. The minimum atomic E-state index is -1.07. The van der Waals surface area contributed by atoms with E-state index >= 15 is 0 Å². The highest BCUT2D eigenvalue weighted by atomic mass is 28.3. The SMILES string of the molecule is CC(=O)C(CC(C)C)C[Si](C)(C)C. The maximum absolute atomic E-state index is 11.4. The van der Waals surface area contributed by atoms with Gasteiger partial charge in [0.05, 0.1) is 0 Å². The molecular formula is C11H24OSi. The van der Waals surface area contributed by atoms with Gasteiger partial charge in [-0.3, -0.25) is 4.79 Å². The molecular weight excluding hydrogens is 176 g/mol. The third kappa shape index (κ3) is 7.00. The molecule has 0 aromatic heterocycles. The van der Waals surface area contributed by atoms with E-state index in [-0.39, 0.29) is 0 Å². The zero-order valence-corrected chi connectivity index (χ0v) is 11.0. The highest BCUT2D eigenvalue weighted by Crippen LogP contribution is 2.23. The highest BCUT2D eigenvalue weighted by molar-refractivity contribution is 6.76. The summed E-state index contributed by atoms with van der Waals surface area (Å²) >= 11 is 0. The summed E-state index contributed by atoms with van der Waals surface area (Å²) in [5.74, 6) is 1.35. The molecule has 0 spiro atoms. The van der Waals surface area contributed by atoms with Gasteiger partial charge in [0.1, 0.15) is 5.78 Å². The fourth-order valence-electron chi connectivity index (χ4n) is 1.70. The summed E-state index contributed by atoms with van der Waals surface area (Å²) in [7, 11) is -1.07. The van der Waals surface area contributed by atoms with Crippen LogP contribution in [0, 0.1) is 11.8 Å². The van der Waals surface area contributed by atoms with Crippen molar-refractivity contribution in [3.8, 4) is 0 Å². The Kier molecular flexibility index (Phi) is 4.90. The Morgan fingerprint density at radius 2 is 1.69 bits per heavy atom. The zero-order chi connectivity index (χ0) is 10.6. The number of ketones is 1. The maximum atomic E-state index is 11.4. The molecule has 0 fully saturated rings. The molecule has 2 heteroatoms. The molecule has 0 aliphatic carbocycles. The number of hydrogen-bond donors (Lipinski definition) is 0. The summed E-state index contributed by atoms with van der Waals surface area (Å²) < 4.78 is 0. The van der Waals surface area contributed by atoms with Crippen LogP contribution in [0.4, 0.5) is 0 Å². The van der Waals surface area contributed by atoms with E-state index in [1.807, 2.05) is 0 Å². The topological polar surface area (TPSA) is 17.1 Å². The minimum Gasteiger partial charge on any atom is -0.300 e. The smallest absolute Gasteiger partial charge is 0.132 e. The normalized spacial score (nSPS) is 14.7. The molecule has 0 rings (SSSR count). The van der Waals surface area contributed by atoms with Gasteiger partial charge in [-0.05, 0) is 25.3 Å². The first-order chi connectivity index (χ1) is 5.72. The van der Waals surface area contributed by atoms with Gasteiger partial charge in [-0.25, -0.2) is 0 Å². The fraction of sp³-hybridized carbons (Fsp3) is 0.909. The zero-order valence-electron chi connectivity index (χ0n) is 9.98. The predicted molar refractivity (Wildman–Crippen MR) is 61.8 cm³/mol. The first-order valence-corrected chi connectivity index (χ1v) is 8.93. The maximum Gasteiger partial charge on any atom is 0.132 e. The Bertz CT molecular complexity index is 167. The van der Waals surface area contributed by atoms with Crippen molar-refractivity contribution >= 4 is 13.9 Å². The largest absolute Gasteiger partial charge is 0.300 e. The minimum absolute atomic E-state index is 0.326. The van der Waals surface area contributed by atoms with Crippen LogP contribution in [0.15, 0.2) is 0 Å².